The molecule has 2 aromatic carbocycles. The number of ether oxygens (including phenoxy) is 3. The van der Waals surface area contributed by atoms with Gasteiger partial charge in [0.05, 0.1) is 19.8 Å². The van der Waals surface area contributed by atoms with Gasteiger partial charge in [-0.15, -0.1) is 0 Å². The molecule has 198 valence electrons. The molecule has 1 aliphatic heterocycles. The number of amides is 1. The molecule has 1 fully saturated rings. The lowest BCUT2D eigenvalue weighted by molar-refractivity contribution is -0.137. The topological polar surface area (TPSA) is 63.3 Å². The van der Waals surface area contributed by atoms with Gasteiger partial charge in [-0.2, -0.15) is 0 Å². The first-order chi connectivity index (χ1) is 17.3. The Hall–Kier alpha value is -2.77. The number of rotatable bonds is 12. The monoisotopic (exact) mass is 497 g/mol. The average molecular weight is 498 g/mol. The Bertz CT molecular complexity index is 947. The van der Waals surface area contributed by atoms with Crippen LogP contribution in [0, 0.1) is 0 Å². The molecular formula is C29H43N3O4. The number of morpholine rings is 1. The zero-order chi connectivity index (χ0) is 26.1. The summed E-state index contributed by atoms with van der Waals surface area (Å²) in [6.07, 6.45) is 0. The van der Waals surface area contributed by atoms with Crippen LogP contribution in [-0.2, 0) is 16.1 Å². The van der Waals surface area contributed by atoms with E-state index in [0.717, 1.165) is 31.9 Å². The fourth-order valence-corrected chi connectivity index (χ4v) is 4.62. The van der Waals surface area contributed by atoms with Gasteiger partial charge in [0, 0.05) is 43.4 Å². The van der Waals surface area contributed by atoms with Crippen molar-refractivity contribution in [2.75, 3.05) is 44.4 Å². The highest BCUT2D eigenvalue weighted by Crippen LogP contribution is 2.29. The number of nitrogens with zero attached hydrogens (tertiary/aromatic N) is 2. The highest BCUT2D eigenvalue weighted by Gasteiger charge is 2.21. The number of benzene rings is 2. The van der Waals surface area contributed by atoms with E-state index in [0.29, 0.717) is 24.7 Å². The number of hydrogen-bond donors (Lipinski definition) is 1. The van der Waals surface area contributed by atoms with Crippen molar-refractivity contribution in [1.29, 1.82) is 0 Å². The maximum absolute atomic E-state index is 12.7. The molecule has 2 aromatic rings. The number of carbonyl (C=O) groups excluding carboxylic acids is 1. The Balaban J connectivity index is 1.58. The molecule has 0 spiro atoms. The van der Waals surface area contributed by atoms with Gasteiger partial charge in [0.2, 0.25) is 0 Å². The third-order valence-corrected chi connectivity index (χ3v) is 6.44. The molecule has 0 bridgehead atoms. The lowest BCUT2D eigenvalue weighted by Gasteiger charge is -2.30. The molecule has 7 heteroatoms. The van der Waals surface area contributed by atoms with E-state index in [1.165, 1.54) is 11.3 Å². The van der Waals surface area contributed by atoms with Crippen LogP contribution in [0.2, 0.25) is 0 Å². The van der Waals surface area contributed by atoms with Crippen molar-refractivity contribution in [2.45, 2.75) is 66.2 Å². The van der Waals surface area contributed by atoms with Crippen molar-refractivity contribution in [3.8, 4) is 11.5 Å². The second-order valence-corrected chi connectivity index (χ2v) is 9.78. The summed E-state index contributed by atoms with van der Waals surface area (Å²) in [4.78, 5) is 16.9. The van der Waals surface area contributed by atoms with Crippen LogP contribution in [0.5, 0.6) is 11.5 Å². The Labute approximate surface area is 216 Å². The van der Waals surface area contributed by atoms with E-state index in [4.69, 9.17) is 14.2 Å². The van der Waals surface area contributed by atoms with Crippen LogP contribution >= 0.6 is 0 Å². The summed E-state index contributed by atoms with van der Waals surface area (Å²) < 4.78 is 17.2. The first-order valence-corrected chi connectivity index (χ1v) is 13.2. The van der Waals surface area contributed by atoms with Crippen molar-refractivity contribution >= 4 is 11.6 Å². The summed E-state index contributed by atoms with van der Waals surface area (Å²) in [5.74, 6) is 1.22. The van der Waals surface area contributed by atoms with Crippen LogP contribution < -0.4 is 19.7 Å². The van der Waals surface area contributed by atoms with Gasteiger partial charge < -0.3 is 29.3 Å². The summed E-state index contributed by atoms with van der Waals surface area (Å²) >= 11 is 0. The molecule has 1 atom stereocenters. The SMILES string of the molecule is CCOc1cc(CNC(C)c2ccc(N3CCOCC3)cc2)ccc1OCC(=O)N(C(C)C)C(C)C. The fourth-order valence-electron chi connectivity index (χ4n) is 4.62. The predicted octanol–water partition coefficient (Wildman–Crippen LogP) is 4.80. The van der Waals surface area contributed by atoms with Crippen LogP contribution in [0.4, 0.5) is 5.69 Å². The zero-order valence-electron chi connectivity index (χ0n) is 22.8. The number of carbonyl (C=O) groups is 1. The Kier molecular flexibility index (Phi) is 10.4. The van der Waals surface area contributed by atoms with E-state index in [1.54, 1.807) is 0 Å². The second-order valence-electron chi connectivity index (χ2n) is 9.78. The Morgan fingerprint density at radius 3 is 2.25 bits per heavy atom. The molecule has 0 saturated carbocycles. The first-order valence-electron chi connectivity index (χ1n) is 13.2. The van der Waals surface area contributed by atoms with Crippen molar-refractivity contribution in [3.63, 3.8) is 0 Å². The minimum Gasteiger partial charge on any atom is -0.490 e. The second kappa shape index (κ2) is 13.5. The minimum absolute atomic E-state index is 0.00842. The van der Waals surface area contributed by atoms with Gasteiger partial charge in [-0.25, -0.2) is 0 Å². The molecule has 0 aromatic heterocycles. The highest BCUT2D eigenvalue weighted by atomic mass is 16.5. The summed E-state index contributed by atoms with van der Waals surface area (Å²) in [7, 11) is 0. The van der Waals surface area contributed by atoms with Crippen molar-refractivity contribution < 1.29 is 19.0 Å². The number of nitrogens with one attached hydrogen (secondary N) is 1. The van der Waals surface area contributed by atoms with E-state index in [2.05, 4.69) is 41.4 Å². The molecule has 1 saturated heterocycles. The van der Waals surface area contributed by atoms with Gasteiger partial charge in [0.15, 0.2) is 18.1 Å². The molecule has 36 heavy (non-hydrogen) atoms. The summed E-state index contributed by atoms with van der Waals surface area (Å²) in [6, 6.07) is 15.1. The Morgan fingerprint density at radius 1 is 0.972 bits per heavy atom. The summed E-state index contributed by atoms with van der Waals surface area (Å²) in [6.45, 7) is 16.9. The van der Waals surface area contributed by atoms with Crippen LogP contribution in [0.1, 0.15) is 58.7 Å². The van der Waals surface area contributed by atoms with Gasteiger partial charge >= 0.3 is 0 Å². The van der Waals surface area contributed by atoms with Crippen molar-refractivity contribution in [2.24, 2.45) is 0 Å². The highest BCUT2D eigenvalue weighted by molar-refractivity contribution is 5.78. The normalized spacial score (nSPS) is 14.7. The van der Waals surface area contributed by atoms with Gasteiger partial charge in [-0.1, -0.05) is 18.2 Å². The van der Waals surface area contributed by atoms with E-state index in [1.807, 2.05) is 57.7 Å². The van der Waals surface area contributed by atoms with Gasteiger partial charge in [-0.05, 0) is 76.9 Å². The van der Waals surface area contributed by atoms with Gasteiger partial charge in [-0.3, -0.25) is 4.79 Å². The van der Waals surface area contributed by atoms with E-state index < -0.39 is 0 Å². The predicted molar refractivity (Wildman–Crippen MR) is 145 cm³/mol. The van der Waals surface area contributed by atoms with Crippen LogP contribution in [-0.4, -0.2) is 62.4 Å². The average Bonchev–Trinajstić information content (AvgIpc) is 2.87. The lowest BCUT2D eigenvalue weighted by atomic mass is 10.1. The standard InChI is InChI=1S/C29H43N3O4/c1-7-35-28-18-24(8-13-27(28)36-20-29(33)32(21(2)3)22(4)5)19-30-23(6)25-9-11-26(12-10-25)31-14-16-34-17-15-31/h8-13,18,21-23,30H,7,14-17,19-20H2,1-6H3. The number of anilines is 1. The quantitative estimate of drug-likeness (QED) is 0.455. The molecule has 0 aliphatic carbocycles. The molecule has 3 rings (SSSR count). The maximum atomic E-state index is 12.7. The molecule has 1 amide bonds. The molecule has 7 nitrogen and oxygen atoms in total. The fraction of sp³-hybridized carbons (Fsp3) is 0.552. The summed E-state index contributed by atoms with van der Waals surface area (Å²) in [5, 5.41) is 3.60. The van der Waals surface area contributed by atoms with Crippen molar-refractivity contribution in [1.82, 2.24) is 10.2 Å². The van der Waals surface area contributed by atoms with Crippen LogP contribution in [0.3, 0.4) is 0 Å². The third kappa shape index (κ3) is 7.61. The molecule has 1 heterocycles. The Morgan fingerprint density at radius 2 is 1.64 bits per heavy atom. The molecule has 1 N–H and O–H groups in total. The van der Waals surface area contributed by atoms with E-state index in [9.17, 15) is 4.79 Å². The van der Waals surface area contributed by atoms with Gasteiger partial charge in [0.25, 0.3) is 5.91 Å². The molecule has 1 unspecified atom stereocenters. The first kappa shape index (κ1) is 27.8. The lowest BCUT2D eigenvalue weighted by Crippen LogP contribution is -2.44. The summed E-state index contributed by atoms with van der Waals surface area (Å²) in [5.41, 5.74) is 3.59. The van der Waals surface area contributed by atoms with E-state index in [-0.39, 0.29) is 30.6 Å². The van der Waals surface area contributed by atoms with Gasteiger partial charge in [0.1, 0.15) is 0 Å². The van der Waals surface area contributed by atoms with Crippen LogP contribution in [0.25, 0.3) is 0 Å². The molecule has 1 aliphatic rings. The maximum Gasteiger partial charge on any atom is 0.260 e. The minimum atomic E-state index is -0.0262. The zero-order valence-corrected chi connectivity index (χ0v) is 22.8. The molecule has 0 radical (unpaired) electrons. The smallest absolute Gasteiger partial charge is 0.260 e. The van der Waals surface area contributed by atoms with Crippen LogP contribution in [0.15, 0.2) is 42.5 Å². The number of hydrogen-bond acceptors (Lipinski definition) is 6. The van der Waals surface area contributed by atoms with E-state index >= 15 is 0 Å². The molecular weight excluding hydrogens is 454 g/mol. The third-order valence-electron chi connectivity index (χ3n) is 6.44. The largest absolute Gasteiger partial charge is 0.490 e. The van der Waals surface area contributed by atoms with Crippen molar-refractivity contribution in [3.05, 3.63) is 53.6 Å².